The predicted molar refractivity (Wildman–Crippen MR) is 138 cm³/mol. The second-order valence-electron chi connectivity index (χ2n) is 10.6. The normalized spacial score (nSPS) is 24.2. The van der Waals surface area contributed by atoms with E-state index in [4.69, 9.17) is 9.47 Å². The number of nitrogens with zero attached hydrogens (tertiary/aromatic N) is 2. The number of ketones is 1. The lowest BCUT2D eigenvalue weighted by Gasteiger charge is -2.39. The number of ether oxygens (including phenoxy) is 2. The maximum atomic E-state index is 13.3. The van der Waals surface area contributed by atoms with Crippen LogP contribution >= 0.6 is 0 Å². The zero-order chi connectivity index (χ0) is 23.8. The van der Waals surface area contributed by atoms with E-state index in [-0.39, 0.29) is 5.78 Å². The van der Waals surface area contributed by atoms with Gasteiger partial charge in [-0.25, -0.2) is 0 Å². The van der Waals surface area contributed by atoms with E-state index in [9.17, 15) is 4.79 Å². The van der Waals surface area contributed by atoms with E-state index in [0.717, 1.165) is 59.8 Å². The molecular formula is C30H36N2O3. The van der Waals surface area contributed by atoms with Crippen molar-refractivity contribution in [1.29, 1.82) is 0 Å². The molecule has 2 aliphatic heterocycles. The first kappa shape index (κ1) is 22.8. The molecule has 1 saturated carbocycles. The smallest absolute Gasteiger partial charge is 0.195 e. The van der Waals surface area contributed by atoms with E-state index in [1.54, 1.807) is 7.11 Å². The highest BCUT2D eigenvalue weighted by atomic mass is 16.5. The molecule has 6 rings (SSSR count). The van der Waals surface area contributed by atoms with Crippen molar-refractivity contribution in [2.45, 2.75) is 69.7 Å². The standard InChI is InChI=1S/C30H36N2O3/c1-34-28-10-5-9-26-27(30(33)22-7-3-2-4-8-22)19-31(29(26)28)15-6-16-32-23-13-14-24(32)18-25(17-23)35-20-21-11-12-21/h2-5,7-10,19,21,23-25H,6,11-18,20H2,1H3/t23-,24+,25?. The van der Waals surface area contributed by atoms with Gasteiger partial charge in [0.05, 0.1) is 18.7 Å². The molecule has 5 heteroatoms. The molecule has 0 N–H and O–H groups in total. The van der Waals surface area contributed by atoms with Crippen molar-refractivity contribution in [2.75, 3.05) is 20.3 Å². The number of carbonyl (C=O) groups is 1. The molecule has 3 atom stereocenters. The van der Waals surface area contributed by atoms with Gasteiger partial charge in [0.25, 0.3) is 0 Å². The van der Waals surface area contributed by atoms with Crippen LogP contribution in [0.2, 0.25) is 0 Å². The topological polar surface area (TPSA) is 43.7 Å². The van der Waals surface area contributed by atoms with Gasteiger partial charge in [0.15, 0.2) is 5.78 Å². The Morgan fingerprint density at radius 2 is 1.71 bits per heavy atom. The first-order valence-corrected chi connectivity index (χ1v) is 13.3. The molecule has 2 saturated heterocycles. The number of aromatic nitrogens is 1. The van der Waals surface area contributed by atoms with Gasteiger partial charge in [-0.1, -0.05) is 42.5 Å². The molecule has 3 fully saturated rings. The molecule has 3 heterocycles. The van der Waals surface area contributed by atoms with Crippen LogP contribution in [0.1, 0.15) is 60.9 Å². The Balaban J connectivity index is 1.16. The molecule has 1 aliphatic carbocycles. The molecule has 0 radical (unpaired) electrons. The van der Waals surface area contributed by atoms with Crippen LogP contribution in [0.5, 0.6) is 5.75 Å². The Hall–Kier alpha value is -2.63. The minimum atomic E-state index is 0.0638. The molecule has 35 heavy (non-hydrogen) atoms. The monoisotopic (exact) mass is 472 g/mol. The second-order valence-corrected chi connectivity index (χ2v) is 10.6. The van der Waals surface area contributed by atoms with Crippen molar-refractivity contribution in [3.63, 3.8) is 0 Å². The number of para-hydroxylation sites is 1. The fourth-order valence-corrected chi connectivity index (χ4v) is 6.30. The van der Waals surface area contributed by atoms with Gasteiger partial charge >= 0.3 is 0 Å². The van der Waals surface area contributed by atoms with Crippen LogP contribution in [0, 0.1) is 5.92 Å². The van der Waals surface area contributed by atoms with Crippen LogP contribution in [-0.4, -0.2) is 53.7 Å². The molecule has 3 aromatic rings. The van der Waals surface area contributed by atoms with E-state index >= 15 is 0 Å². The van der Waals surface area contributed by atoms with Gasteiger partial charge in [0.1, 0.15) is 5.75 Å². The van der Waals surface area contributed by atoms with Gasteiger partial charge in [-0.15, -0.1) is 0 Å². The Labute approximate surface area is 208 Å². The summed E-state index contributed by atoms with van der Waals surface area (Å²) in [5.74, 6) is 1.73. The number of fused-ring (bicyclic) bond motifs is 3. The minimum Gasteiger partial charge on any atom is -0.495 e. The van der Waals surface area contributed by atoms with Gasteiger partial charge < -0.3 is 14.0 Å². The van der Waals surface area contributed by atoms with E-state index in [2.05, 4.69) is 9.47 Å². The Morgan fingerprint density at radius 3 is 2.43 bits per heavy atom. The highest BCUT2D eigenvalue weighted by Gasteiger charge is 2.41. The molecule has 0 spiro atoms. The molecular weight excluding hydrogens is 436 g/mol. The van der Waals surface area contributed by atoms with Crippen LogP contribution in [-0.2, 0) is 11.3 Å². The number of piperidine rings is 1. The van der Waals surface area contributed by atoms with Crippen LogP contribution in [0.25, 0.3) is 10.9 Å². The molecule has 1 unspecified atom stereocenters. The quantitative estimate of drug-likeness (QED) is 0.356. The van der Waals surface area contributed by atoms with Crippen LogP contribution in [0.15, 0.2) is 54.7 Å². The van der Waals surface area contributed by atoms with Crippen molar-refractivity contribution in [1.82, 2.24) is 9.47 Å². The largest absolute Gasteiger partial charge is 0.495 e. The fraction of sp³-hybridized carbons (Fsp3) is 0.500. The average molecular weight is 473 g/mol. The fourth-order valence-electron chi connectivity index (χ4n) is 6.30. The third-order valence-electron chi connectivity index (χ3n) is 8.28. The number of carbonyl (C=O) groups excluding carboxylic acids is 1. The van der Waals surface area contributed by atoms with Gasteiger partial charge in [0.2, 0.25) is 0 Å². The van der Waals surface area contributed by atoms with Gasteiger partial charge in [-0.05, 0) is 56.9 Å². The van der Waals surface area contributed by atoms with Crippen molar-refractivity contribution in [3.05, 3.63) is 65.9 Å². The number of benzene rings is 2. The van der Waals surface area contributed by atoms with Crippen LogP contribution in [0.4, 0.5) is 0 Å². The van der Waals surface area contributed by atoms with Crippen molar-refractivity contribution >= 4 is 16.7 Å². The van der Waals surface area contributed by atoms with Crippen molar-refractivity contribution < 1.29 is 14.3 Å². The summed E-state index contributed by atoms with van der Waals surface area (Å²) in [6, 6.07) is 16.9. The van der Waals surface area contributed by atoms with Crippen molar-refractivity contribution in [2.24, 2.45) is 5.92 Å². The number of hydrogen-bond donors (Lipinski definition) is 0. The summed E-state index contributed by atoms with van der Waals surface area (Å²) in [5.41, 5.74) is 2.49. The maximum Gasteiger partial charge on any atom is 0.195 e. The summed E-state index contributed by atoms with van der Waals surface area (Å²) in [5, 5.41) is 0.965. The summed E-state index contributed by atoms with van der Waals surface area (Å²) in [6.45, 7) is 2.95. The van der Waals surface area contributed by atoms with Crippen LogP contribution < -0.4 is 4.74 Å². The molecule has 5 nitrogen and oxygen atoms in total. The summed E-state index contributed by atoms with van der Waals surface area (Å²) in [4.78, 5) is 16.1. The number of rotatable bonds is 10. The van der Waals surface area contributed by atoms with Gasteiger partial charge in [-0.2, -0.15) is 0 Å². The average Bonchev–Trinajstić information content (AvgIpc) is 3.61. The Bertz CT molecular complexity index is 1170. The van der Waals surface area contributed by atoms with E-state index in [1.807, 2.05) is 54.7 Å². The minimum absolute atomic E-state index is 0.0638. The van der Waals surface area contributed by atoms with E-state index < -0.39 is 0 Å². The maximum absolute atomic E-state index is 13.3. The van der Waals surface area contributed by atoms with Gasteiger partial charge in [-0.3, -0.25) is 9.69 Å². The zero-order valence-electron chi connectivity index (χ0n) is 20.7. The third-order valence-corrected chi connectivity index (χ3v) is 8.28. The lowest BCUT2D eigenvalue weighted by atomic mass is 9.99. The number of methoxy groups -OCH3 is 1. The number of hydrogen-bond acceptors (Lipinski definition) is 4. The van der Waals surface area contributed by atoms with Crippen molar-refractivity contribution in [3.8, 4) is 5.75 Å². The molecule has 3 aliphatic rings. The number of aryl methyl sites for hydroxylation is 1. The lowest BCUT2D eigenvalue weighted by Crippen LogP contribution is -2.46. The molecule has 1 aromatic heterocycles. The molecule has 0 amide bonds. The van der Waals surface area contributed by atoms with Crippen LogP contribution in [0.3, 0.4) is 0 Å². The Kier molecular flexibility index (Phi) is 6.38. The first-order valence-electron chi connectivity index (χ1n) is 13.3. The first-order chi connectivity index (χ1) is 17.2. The van der Waals surface area contributed by atoms with E-state index in [0.29, 0.717) is 18.2 Å². The summed E-state index contributed by atoms with van der Waals surface area (Å²) < 4.78 is 14.2. The lowest BCUT2D eigenvalue weighted by molar-refractivity contribution is -0.0241. The highest BCUT2D eigenvalue weighted by molar-refractivity contribution is 6.17. The van der Waals surface area contributed by atoms with E-state index in [1.165, 1.54) is 38.5 Å². The summed E-state index contributed by atoms with van der Waals surface area (Å²) in [7, 11) is 1.71. The summed E-state index contributed by atoms with van der Waals surface area (Å²) in [6.07, 6.45) is 11.3. The zero-order valence-corrected chi connectivity index (χ0v) is 20.7. The Morgan fingerprint density at radius 1 is 0.943 bits per heavy atom. The SMILES string of the molecule is COc1cccc2c(C(=O)c3ccccc3)cn(CCCN3[C@@H]4CC[C@H]3CC(OCC3CC3)C4)c12. The molecule has 2 bridgehead atoms. The second kappa shape index (κ2) is 9.79. The third kappa shape index (κ3) is 4.64. The predicted octanol–water partition coefficient (Wildman–Crippen LogP) is 5.69. The summed E-state index contributed by atoms with van der Waals surface area (Å²) >= 11 is 0. The molecule has 2 aromatic carbocycles. The highest BCUT2D eigenvalue weighted by Crippen LogP contribution is 2.38. The van der Waals surface area contributed by atoms with Gasteiger partial charge in [0, 0.05) is 54.5 Å². The molecule has 184 valence electrons.